The van der Waals surface area contributed by atoms with Crippen molar-refractivity contribution >= 4 is 11.6 Å². The summed E-state index contributed by atoms with van der Waals surface area (Å²) in [4.78, 5) is 0. The van der Waals surface area contributed by atoms with Crippen molar-refractivity contribution in [3.63, 3.8) is 0 Å². The molecule has 0 aliphatic heterocycles. The van der Waals surface area contributed by atoms with E-state index in [2.05, 4.69) is 0 Å². The van der Waals surface area contributed by atoms with Crippen molar-refractivity contribution in [1.82, 2.24) is 0 Å². The summed E-state index contributed by atoms with van der Waals surface area (Å²) in [6.07, 6.45) is 0. The molecule has 13 heavy (non-hydrogen) atoms. The molecular formula is C8H7ClF2O2. The molecule has 0 fully saturated rings. The Hall–Kier alpha value is -0.710. The predicted octanol–water partition coefficient (Wildman–Crippen LogP) is 1.60. The van der Waals surface area contributed by atoms with Gasteiger partial charge in [0.2, 0.25) is 0 Å². The van der Waals surface area contributed by atoms with Gasteiger partial charge in [0.15, 0.2) is 11.6 Å². The number of rotatable bonds is 2. The molecule has 0 saturated carbocycles. The maximum absolute atomic E-state index is 13.0. The zero-order chi connectivity index (χ0) is 10.0. The first-order valence-corrected chi connectivity index (χ1v) is 3.86. The van der Waals surface area contributed by atoms with Gasteiger partial charge in [0, 0.05) is 16.1 Å². The Morgan fingerprint density at radius 1 is 1.15 bits per heavy atom. The monoisotopic (exact) mass is 208 g/mol. The largest absolute Gasteiger partial charge is 0.392 e. The number of hydrogen-bond acceptors (Lipinski definition) is 2. The quantitative estimate of drug-likeness (QED) is 0.725. The van der Waals surface area contributed by atoms with Crippen LogP contribution in [0, 0.1) is 11.6 Å². The third kappa shape index (κ3) is 1.80. The lowest BCUT2D eigenvalue weighted by Crippen LogP contribution is -2.01. The van der Waals surface area contributed by atoms with E-state index in [-0.39, 0.29) is 16.1 Å². The van der Waals surface area contributed by atoms with Crippen LogP contribution in [0.5, 0.6) is 0 Å². The zero-order valence-corrected chi connectivity index (χ0v) is 7.28. The summed E-state index contributed by atoms with van der Waals surface area (Å²) in [6, 6.07) is 1.09. The topological polar surface area (TPSA) is 40.5 Å². The molecular weight excluding hydrogens is 202 g/mol. The van der Waals surface area contributed by atoms with E-state index in [0.717, 1.165) is 6.07 Å². The third-order valence-corrected chi connectivity index (χ3v) is 1.99. The summed E-state index contributed by atoms with van der Waals surface area (Å²) < 4.78 is 25.9. The summed E-state index contributed by atoms with van der Waals surface area (Å²) in [5.41, 5.74) is -0.518. The Kier molecular flexibility index (Phi) is 3.19. The predicted molar refractivity (Wildman–Crippen MR) is 43.2 cm³/mol. The van der Waals surface area contributed by atoms with Crippen LogP contribution >= 0.6 is 11.6 Å². The molecule has 0 saturated heterocycles. The van der Waals surface area contributed by atoms with Gasteiger partial charge in [0.05, 0.1) is 13.2 Å². The number of halogens is 3. The maximum atomic E-state index is 13.0. The van der Waals surface area contributed by atoms with Crippen LogP contribution in [-0.4, -0.2) is 10.2 Å². The normalized spacial score (nSPS) is 10.5. The van der Waals surface area contributed by atoms with Crippen LogP contribution in [0.15, 0.2) is 6.07 Å². The van der Waals surface area contributed by atoms with E-state index in [1.807, 2.05) is 0 Å². The van der Waals surface area contributed by atoms with Gasteiger partial charge in [0.25, 0.3) is 0 Å². The summed E-state index contributed by atoms with van der Waals surface area (Å²) in [5.74, 6) is -2.38. The van der Waals surface area contributed by atoms with Gasteiger partial charge >= 0.3 is 0 Å². The van der Waals surface area contributed by atoms with Gasteiger partial charge in [-0.1, -0.05) is 11.6 Å². The van der Waals surface area contributed by atoms with E-state index in [0.29, 0.717) is 0 Å². The van der Waals surface area contributed by atoms with E-state index in [1.165, 1.54) is 0 Å². The minimum absolute atomic E-state index is 0.0922. The number of aliphatic hydroxyl groups is 2. The first-order valence-electron chi connectivity index (χ1n) is 3.48. The molecule has 2 N–H and O–H groups in total. The first kappa shape index (κ1) is 10.4. The van der Waals surface area contributed by atoms with Crippen LogP contribution in [0.3, 0.4) is 0 Å². The van der Waals surface area contributed by atoms with Crippen molar-refractivity contribution in [2.45, 2.75) is 13.2 Å². The van der Waals surface area contributed by atoms with Crippen molar-refractivity contribution in [2.75, 3.05) is 0 Å². The van der Waals surface area contributed by atoms with Crippen LogP contribution in [0.1, 0.15) is 11.1 Å². The van der Waals surface area contributed by atoms with Crippen LogP contribution in [0.25, 0.3) is 0 Å². The highest BCUT2D eigenvalue weighted by atomic mass is 35.5. The molecule has 0 atom stereocenters. The fourth-order valence-corrected chi connectivity index (χ4v) is 1.22. The van der Waals surface area contributed by atoms with Gasteiger partial charge in [0.1, 0.15) is 0 Å². The van der Waals surface area contributed by atoms with Crippen LogP contribution in [0.2, 0.25) is 5.02 Å². The molecule has 1 rings (SSSR count). The molecule has 5 heteroatoms. The van der Waals surface area contributed by atoms with Crippen molar-refractivity contribution in [3.8, 4) is 0 Å². The molecule has 0 aliphatic rings. The Morgan fingerprint density at radius 3 is 2.23 bits per heavy atom. The van der Waals surface area contributed by atoms with Gasteiger partial charge in [-0.05, 0) is 6.07 Å². The average molecular weight is 209 g/mol. The number of hydrogen-bond donors (Lipinski definition) is 2. The minimum atomic E-state index is -1.21. The lowest BCUT2D eigenvalue weighted by molar-refractivity contribution is 0.264. The first-order chi connectivity index (χ1) is 6.11. The summed E-state index contributed by atoms with van der Waals surface area (Å²) >= 11 is 5.51. The van der Waals surface area contributed by atoms with E-state index in [4.69, 9.17) is 21.8 Å². The highest BCUT2D eigenvalue weighted by Gasteiger charge is 2.15. The molecule has 0 radical (unpaired) electrons. The second kappa shape index (κ2) is 4.00. The second-order valence-electron chi connectivity index (χ2n) is 2.44. The van der Waals surface area contributed by atoms with Gasteiger partial charge in [-0.2, -0.15) is 0 Å². The highest BCUT2D eigenvalue weighted by molar-refractivity contribution is 6.31. The van der Waals surface area contributed by atoms with Gasteiger partial charge < -0.3 is 10.2 Å². The lowest BCUT2D eigenvalue weighted by Gasteiger charge is -2.06. The standard InChI is InChI=1S/C8H7ClF2O2/c9-6-1-4(2-12)7(10)8(11)5(6)3-13/h1,12-13H,2-3H2. The summed E-state index contributed by atoms with van der Waals surface area (Å²) in [5, 5.41) is 17.1. The zero-order valence-electron chi connectivity index (χ0n) is 6.52. The fourth-order valence-electron chi connectivity index (χ4n) is 0.942. The fraction of sp³-hybridized carbons (Fsp3) is 0.250. The van der Waals surface area contributed by atoms with E-state index in [1.54, 1.807) is 0 Å². The smallest absolute Gasteiger partial charge is 0.166 e. The van der Waals surface area contributed by atoms with E-state index >= 15 is 0 Å². The number of benzene rings is 1. The van der Waals surface area contributed by atoms with Crippen LogP contribution in [-0.2, 0) is 13.2 Å². The third-order valence-electron chi connectivity index (χ3n) is 1.66. The molecule has 0 aliphatic carbocycles. The second-order valence-corrected chi connectivity index (χ2v) is 2.85. The maximum Gasteiger partial charge on any atom is 0.166 e. The molecule has 0 heterocycles. The molecule has 0 spiro atoms. The summed E-state index contributed by atoms with van der Waals surface area (Å²) in [6.45, 7) is -1.30. The van der Waals surface area contributed by atoms with Gasteiger partial charge in [-0.15, -0.1) is 0 Å². The SMILES string of the molecule is OCc1cc(Cl)c(CO)c(F)c1F. The Balaban J connectivity index is 3.37. The Bertz CT molecular complexity index is 328. The molecule has 0 unspecified atom stereocenters. The van der Waals surface area contributed by atoms with Gasteiger partial charge in [-0.3, -0.25) is 0 Å². The average Bonchev–Trinajstić information content (AvgIpc) is 2.12. The van der Waals surface area contributed by atoms with Crippen molar-refractivity contribution in [3.05, 3.63) is 33.9 Å². The molecule has 2 nitrogen and oxygen atoms in total. The molecule has 0 amide bonds. The molecule has 1 aromatic carbocycles. The molecule has 1 aromatic rings. The van der Waals surface area contributed by atoms with Crippen molar-refractivity contribution in [2.24, 2.45) is 0 Å². The summed E-state index contributed by atoms with van der Waals surface area (Å²) in [7, 11) is 0. The van der Waals surface area contributed by atoms with E-state index < -0.39 is 24.8 Å². The molecule has 0 aromatic heterocycles. The van der Waals surface area contributed by atoms with E-state index in [9.17, 15) is 8.78 Å². The Morgan fingerprint density at radius 2 is 1.77 bits per heavy atom. The lowest BCUT2D eigenvalue weighted by atomic mass is 10.1. The Labute approximate surface area is 78.4 Å². The minimum Gasteiger partial charge on any atom is -0.392 e. The molecule has 72 valence electrons. The molecule has 0 bridgehead atoms. The highest BCUT2D eigenvalue weighted by Crippen LogP contribution is 2.24. The van der Waals surface area contributed by atoms with Crippen molar-refractivity contribution in [1.29, 1.82) is 0 Å². The van der Waals surface area contributed by atoms with Gasteiger partial charge in [-0.25, -0.2) is 8.78 Å². The van der Waals surface area contributed by atoms with Crippen molar-refractivity contribution < 1.29 is 19.0 Å². The van der Waals surface area contributed by atoms with Crippen LogP contribution < -0.4 is 0 Å². The van der Waals surface area contributed by atoms with Crippen LogP contribution in [0.4, 0.5) is 8.78 Å². The number of aliphatic hydroxyl groups excluding tert-OH is 2.